The minimum atomic E-state index is 0.716. The number of hydrogen-bond acceptors (Lipinski definition) is 5. The Balaban J connectivity index is 1.66. The molecule has 5 nitrogen and oxygen atoms in total. The summed E-state index contributed by atoms with van der Waals surface area (Å²) >= 11 is 5.08. The molecule has 1 N–H and O–H groups in total. The van der Waals surface area contributed by atoms with Gasteiger partial charge in [-0.1, -0.05) is 17.8 Å². The van der Waals surface area contributed by atoms with Gasteiger partial charge < -0.3 is 9.47 Å². The van der Waals surface area contributed by atoms with E-state index in [2.05, 4.69) is 31.1 Å². The summed E-state index contributed by atoms with van der Waals surface area (Å²) < 4.78 is 11.3. The van der Waals surface area contributed by atoms with Gasteiger partial charge in [0.05, 0.1) is 18.7 Å². The molecule has 0 spiro atoms. The summed E-state index contributed by atoms with van der Waals surface area (Å²) in [4.78, 5) is 4.53. The molecule has 3 aromatic rings. The Hall–Kier alpha value is -1.99. The van der Waals surface area contributed by atoms with Crippen molar-refractivity contribution in [2.75, 3.05) is 14.2 Å². The molecule has 2 aromatic carbocycles. The molecule has 124 valence electrons. The number of benzene rings is 2. The van der Waals surface area contributed by atoms with Crippen molar-refractivity contribution in [2.45, 2.75) is 10.9 Å². The molecule has 0 atom stereocenters. The number of H-pyrrole nitrogens is 1. The molecule has 24 heavy (non-hydrogen) atoms. The van der Waals surface area contributed by atoms with Gasteiger partial charge in [0, 0.05) is 11.3 Å². The summed E-state index contributed by atoms with van der Waals surface area (Å²) in [6.07, 6.45) is 0. The van der Waals surface area contributed by atoms with Crippen molar-refractivity contribution < 1.29 is 9.47 Å². The molecule has 0 unspecified atom stereocenters. The monoisotopic (exact) mass is 405 g/mol. The number of aromatic amines is 1. The lowest BCUT2D eigenvalue weighted by Crippen LogP contribution is -1.87. The Labute approximate surface area is 152 Å². The van der Waals surface area contributed by atoms with Crippen LogP contribution in [0.4, 0.5) is 0 Å². The Morgan fingerprint density at radius 1 is 1.08 bits per heavy atom. The predicted octanol–water partition coefficient (Wildman–Crippen LogP) is 4.54. The van der Waals surface area contributed by atoms with Gasteiger partial charge in [0.15, 0.2) is 5.82 Å². The third-order valence-electron chi connectivity index (χ3n) is 3.41. The van der Waals surface area contributed by atoms with Gasteiger partial charge in [0.1, 0.15) is 11.5 Å². The molecule has 0 amide bonds. The van der Waals surface area contributed by atoms with Crippen LogP contribution >= 0.6 is 27.7 Å². The topological polar surface area (TPSA) is 60.0 Å². The number of rotatable bonds is 6. The van der Waals surface area contributed by atoms with E-state index in [1.165, 1.54) is 5.56 Å². The van der Waals surface area contributed by atoms with Crippen molar-refractivity contribution in [3.8, 4) is 22.9 Å². The van der Waals surface area contributed by atoms with E-state index in [-0.39, 0.29) is 0 Å². The summed E-state index contributed by atoms with van der Waals surface area (Å²) in [5.74, 6) is 3.17. The maximum atomic E-state index is 5.24. The summed E-state index contributed by atoms with van der Waals surface area (Å²) in [6, 6.07) is 13.7. The third kappa shape index (κ3) is 3.91. The van der Waals surface area contributed by atoms with Crippen molar-refractivity contribution in [1.82, 2.24) is 15.2 Å². The van der Waals surface area contributed by atoms with Crippen LogP contribution in [0.15, 0.2) is 52.1 Å². The van der Waals surface area contributed by atoms with Crippen molar-refractivity contribution in [3.63, 3.8) is 0 Å². The zero-order valence-corrected chi connectivity index (χ0v) is 15.6. The zero-order chi connectivity index (χ0) is 16.9. The average Bonchev–Trinajstić information content (AvgIpc) is 3.09. The molecular formula is C17H16BrN3O2S. The Morgan fingerprint density at radius 2 is 1.88 bits per heavy atom. The second-order valence-electron chi connectivity index (χ2n) is 4.95. The third-order valence-corrected chi connectivity index (χ3v) is 4.95. The molecule has 3 rings (SSSR count). The highest BCUT2D eigenvalue weighted by Crippen LogP contribution is 2.29. The SMILES string of the molecule is COc1ccc(-c2nc(SCc3ccc(OC)c(Br)c3)n[nH]2)cc1. The van der Waals surface area contributed by atoms with Gasteiger partial charge in [-0.15, -0.1) is 5.10 Å². The number of ether oxygens (including phenoxy) is 2. The first-order valence-corrected chi connectivity index (χ1v) is 8.99. The van der Waals surface area contributed by atoms with Gasteiger partial charge in [-0.2, -0.15) is 0 Å². The Kier molecular flexibility index (Phi) is 5.42. The maximum absolute atomic E-state index is 5.24. The van der Waals surface area contributed by atoms with Crippen LogP contribution in [0.2, 0.25) is 0 Å². The number of aromatic nitrogens is 3. The number of nitrogens with zero attached hydrogens (tertiary/aromatic N) is 2. The van der Waals surface area contributed by atoms with Crippen molar-refractivity contribution in [3.05, 3.63) is 52.5 Å². The summed E-state index contributed by atoms with van der Waals surface area (Å²) in [5.41, 5.74) is 2.14. The Morgan fingerprint density at radius 3 is 2.54 bits per heavy atom. The molecule has 1 heterocycles. The summed E-state index contributed by atoms with van der Waals surface area (Å²) in [6.45, 7) is 0. The van der Waals surface area contributed by atoms with Crippen LogP contribution in [0.25, 0.3) is 11.4 Å². The van der Waals surface area contributed by atoms with Crippen LogP contribution in [0.5, 0.6) is 11.5 Å². The lowest BCUT2D eigenvalue weighted by atomic mass is 10.2. The molecule has 0 aliphatic carbocycles. The fourth-order valence-corrected chi connectivity index (χ4v) is 3.47. The number of halogens is 1. The molecule has 1 aromatic heterocycles. The van der Waals surface area contributed by atoms with Gasteiger partial charge in [-0.3, -0.25) is 5.10 Å². The van der Waals surface area contributed by atoms with Crippen LogP contribution in [-0.4, -0.2) is 29.4 Å². The van der Waals surface area contributed by atoms with Gasteiger partial charge >= 0.3 is 0 Å². The van der Waals surface area contributed by atoms with E-state index in [9.17, 15) is 0 Å². The van der Waals surface area contributed by atoms with Gasteiger partial charge in [-0.25, -0.2) is 4.98 Å². The van der Waals surface area contributed by atoms with E-state index in [1.807, 2.05) is 42.5 Å². The zero-order valence-electron chi connectivity index (χ0n) is 13.2. The standard InChI is InChI=1S/C17H16BrN3O2S/c1-22-13-6-4-12(5-7-13)16-19-17(21-20-16)24-10-11-3-8-15(23-2)14(18)9-11/h3-9H,10H2,1-2H3,(H,19,20,21). The molecule has 7 heteroatoms. The van der Waals surface area contributed by atoms with Crippen LogP contribution in [0.1, 0.15) is 5.56 Å². The van der Waals surface area contributed by atoms with Crippen LogP contribution in [0, 0.1) is 0 Å². The normalized spacial score (nSPS) is 10.6. The quantitative estimate of drug-likeness (QED) is 0.609. The molecule has 0 saturated carbocycles. The molecule has 0 saturated heterocycles. The van der Waals surface area contributed by atoms with E-state index in [0.717, 1.165) is 33.1 Å². The lowest BCUT2D eigenvalue weighted by molar-refractivity contribution is 0.412. The van der Waals surface area contributed by atoms with Gasteiger partial charge in [0.25, 0.3) is 0 Å². The highest BCUT2D eigenvalue weighted by atomic mass is 79.9. The fourth-order valence-electron chi connectivity index (χ4n) is 2.14. The van der Waals surface area contributed by atoms with Crippen LogP contribution in [-0.2, 0) is 5.75 Å². The lowest BCUT2D eigenvalue weighted by Gasteiger charge is -2.05. The minimum Gasteiger partial charge on any atom is -0.497 e. The van der Waals surface area contributed by atoms with Crippen molar-refractivity contribution in [2.24, 2.45) is 0 Å². The van der Waals surface area contributed by atoms with Crippen LogP contribution < -0.4 is 9.47 Å². The van der Waals surface area contributed by atoms with E-state index in [4.69, 9.17) is 9.47 Å². The molecular weight excluding hydrogens is 390 g/mol. The van der Waals surface area contributed by atoms with Gasteiger partial charge in [-0.05, 0) is 57.9 Å². The molecule has 0 aliphatic heterocycles. The molecule has 0 fully saturated rings. The summed E-state index contributed by atoms with van der Waals surface area (Å²) in [5, 5.41) is 7.95. The second kappa shape index (κ2) is 7.72. The average molecular weight is 406 g/mol. The molecule has 0 aliphatic rings. The minimum absolute atomic E-state index is 0.716. The largest absolute Gasteiger partial charge is 0.497 e. The van der Waals surface area contributed by atoms with Gasteiger partial charge in [0.2, 0.25) is 5.16 Å². The smallest absolute Gasteiger partial charge is 0.209 e. The second-order valence-corrected chi connectivity index (χ2v) is 6.75. The Bertz CT molecular complexity index is 821. The molecule has 0 radical (unpaired) electrons. The first kappa shape index (κ1) is 16.9. The van der Waals surface area contributed by atoms with Crippen LogP contribution in [0.3, 0.4) is 0 Å². The number of hydrogen-bond donors (Lipinski definition) is 1. The fraction of sp³-hybridized carbons (Fsp3) is 0.176. The number of thioether (sulfide) groups is 1. The van der Waals surface area contributed by atoms with E-state index >= 15 is 0 Å². The van der Waals surface area contributed by atoms with Crippen molar-refractivity contribution in [1.29, 1.82) is 0 Å². The maximum Gasteiger partial charge on any atom is 0.209 e. The first-order chi connectivity index (χ1) is 11.7. The number of nitrogens with one attached hydrogen (secondary N) is 1. The highest BCUT2D eigenvalue weighted by Gasteiger charge is 2.08. The first-order valence-electron chi connectivity index (χ1n) is 7.21. The van der Waals surface area contributed by atoms with E-state index in [0.29, 0.717) is 5.16 Å². The number of methoxy groups -OCH3 is 2. The van der Waals surface area contributed by atoms with Crippen molar-refractivity contribution >= 4 is 27.7 Å². The predicted molar refractivity (Wildman–Crippen MR) is 98.6 cm³/mol. The molecule has 0 bridgehead atoms. The van der Waals surface area contributed by atoms with E-state index in [1.54, 1.807) is 26.0 Å². The highest BCUT2D eigenvalue weighted by molar-refractivity contribution is 9.10. The van der Waals surface area contributed by atoms with E-state index < -0.39 is 0 Å². The summed E-state index contributed by atoms with van der Waals surface area (Å²) in [7, 11) is 3.30.